The van der Waals surface area contributed by atoms with E-state index in [9.17, 15) is 32.5 Å². The van der Waals surface area contributed by atoms with Crippen molar-refractivity contribution in [2.45, 2.75) is 6.18 Å². The normalized spacial score (nSPS) is 14.8. The van der Waals surface area contributed by atoms with Gasteiger partial charge in [-0.2, -0.15) is 13.2 Å². The lowest BCUT2D eigenvalue weighted by atomic mass is 10.1. The fourth-order valence-electron chi connectivity index (χ4n) is 3.36. The minimum Gasteiger partial charge on any atom is -0.493 e. The Kier molecular flexibility index (Phi) is 7.18. The van der Waals surface area contributed by atoms with Crippen LogP contribution in [-0.2, 0) is 11.0 Å². The van der Waals surface area contributed by atoms with E-state index in [2.05, 4.69) is 0 Å². The maximum atomic E-state index is 14.2. The van der Waals surface area contributed by atoms with Crippen molar-refractivity contribution >= 4 is 51.7 Å². The zero-order valence-corrected chi connectivity index (χ0v) is 20.2. The van der Waals surface area contributed by atoms with Crippen LogP contribution in [0.5, 0.6) is 17.2 Å². The number of rotatable bonds is 6. The monoisotopic (exact) mass is 550 g/mol. The lowest BCUT2D eigenvalue weighted by molar-refractivity contribution is -0.385. The molecular formula is C24H14F4N2O5S2. The molecule has 1 aliphatic heterocycles. The van der Waals surface area contributed by atoms with E-state index in [4.69, 9.17) is 21.7 Å². The molecule has 37 heavy (non-hydrogen) atoms. The van der Waals surface area contributed by atoms with Crippen molar-refractivity contribution < 1.29 is 36.8 Å². The number of hydrogen-bond donors (Lipinski definition) is 0. The highest BCUT2D eigenvalue weighted by atomic mass is 32.2. The topological polar surface area (TPSA) is 81.9 Å². The van der Waals surface area contributed by atoms with Gasteiger partial charge in [-0.25, -0.2) is 4.39 Å². The van der Waals surface area contributed by atoms with Gasteiger partial charge in [0.1, 0.15) is 5.82 Å². The molecule has 0 N–H and O–H groups in total. The molecule has 1 aliphatic rings. The molecule has 1 saturated heterocycles. The van der Waals surface area contributed by atoms with Crippen molar-refractivity contribution in [2.75, 3.05) is 12.0 Å². The number of amides is 1. The molecule has 13 heteroatoms. The van der Waals surface area contributed by atoms with E-state index >= 15 is 0 Å². The summed E-state index contributed by atoms with van der Waals surface area (Å²) in [7, 11) is 1.30. The second kappa shape index (κ2) is 10.2. The van der Waals surface area contributed by atoms with Gasteiger partial charge in [0, 0.05) is 6.07 Å². The van der Waals surface area contributed by atoms with E-state index in [0.29, 0.717) is 17.7 Å². The van der Waals surface area contributed by atoms with Gasteiger partial charge in [-0.1, -0.05) is 42.2 Å². The molecule has 0 aromatic heterocycles. The van der Waals surface area contributed by atoms with Gasteiger partial charge in [0.25, 0.3) is 5.91 Å². The van der Waals surface area contributed by atoms with E-state index < -0.39 is 39.8 Å². The fraction of sp³-hybridized carbons (Fsp3) is 0.0833. The molecule has 1 fully saturated rings. The number of nitrogens with zero attached hydrogens (tertiary/aromatic N) is 2. The van der Waals surface area contributed by atoms with Crippen LogP contribution in [0.25, 0.3) is 6.08 Å². The first-order chi connectivity index (χ1) is 17.5. The number of thioether (sulfide) groups is 1. The second-order valence-electron chi connectivity index (χ2n) is 7.42. The van der Waals surface area contributed by atoms with Crippen molar-refractivity contribution in [1.82, 2.24) is 0 Å². The third-order valence-electron chi connectivity index (χ3n) is 5.08. The van der Waals surface area contributed by atoms with Gasteiger partial charge in [0.15, 0.2) is 15.8 Å². The summed E-state index contributed by atoms with van der Waals surface area (Å²) in [5.41, 5.74) is -1.59. The number of halogens is 4. The minimum absolute atomic E-state index is 0.0126. The Bertz CT molecular complexity index is 1460. The van der Waals surface area contributed by atoms with E-state index in [1.807, 2.05) is 0 Å². The maximum Gasteiger partial charge on any atom is 0.416 e. The lowest BCUT2D eigenvalue weighted by Gasteiger charge is -2.15. The molecule has 0 spiro atoms. The van der Waals surface area contributed by atoms with Crippen LogP contribution in [-0.4, -0.2) is 22.3 Å². The summed E-state index contributed by atoms with van der Waals surface area (Å²) in [6, 6.07) is 11.9. The van der Waals surface area contributed by atoms with E-state index in [1.165, 1.54) is 49.6 Å². The Morgan fingerprint density at radius 1 is 1.05 bits per heavy atom. The summed E-state index contributed by atoms with van der Waals surface area (Å²) < 4.78 is 64.0. The zero-order valence-electron chi connectivity index (χ0n) is 18.6. The van der Waals surface area contributed by atoms with Crippen LogP contribution in [0.4, 0.5) is 28.9 Å². The number of thiocarbonyl (C=S) groups is 1. The molecule has 0 radical (unpaired) electrons. The van der Waals surface area contributed by atoms with Gasteiger partial charge < -0.3 is 9.47 Å². The Morgan fingerprint density at radius 2 is 1.76 bits per heavy atom. The molecule has 4 rings (SSSR count). The van der Waals surface area contributed by atoms with Crippen molar-refractivity contribution in [1.29, 1.82) is 0 Å². The average molecular weight is 551 g/mol. The number of methoxy groups -OCH3 is 1. The number of carbonyl (C=O) groups excluding carboxylic acids is 1. The van der Waals surface area contributed by atoms with Gasteiger partial charge in [0.2, 0.25) is 5.75 Å². The average Bonchev–Trinajstić information content (AvgIpc) is 3.12. The molecule has 3 aromatic carbocycles. The molecule has 190 valence electrons. The predicted octanol–water partition coefficient (Wildman–Crippen LogP) is 6.96. The quantitative estimate of drug-likeness (QED) is 0.108. The number of benzene rings is 3. The number of para-hydroxylation sites is 1. The molecule has 1 amide bonds. The van der Waals surface area contributed by atoms with Gasteiger partial charge >= 0.3 is 11.9 Å². The van der Waals surface area contributed by atoms with Gasteiger partial charge in [-0.05, 0) is 48.0 Å². The first-order valence-corrected chi connectivity index (χ1v) is 11.5. The van der Waals surface area contributed by atoms with Crippen LogP contribution < -0.4 is 14.4 Å². The predicted molar refractivity (Wildman–Crippen MR) is 133 cm³/mol. The van der Waals surface area contributed by atoms with Crippen LogP contribution in [0, 0.1) is 15.9 Å². The first kappa shape index (κ1) is 26.1. The van der Waals surface area contributed by atoms with Crippen LogP contribution >= 0.6 is 24.0 Å². The summed E-state index contributed by atoms with van der Waals surface area (Å²) in [5.74, 6) is -1.48. The highest BCUT2D eigenvalue weighted by Gasteiger charge is 2.35. The van der Waals surface area contributed by atoms with Crippen molar-refractivity contribution in [3.63, 3.8) is 0 Å². The standard InChI is InChI=1S/C24H14F4N2O5S2/c1-34-20-10-13(11-21-22(31)29(23(36)37-21)16-5-3-2-4-15(16)25)6-8-19(20)35-18-9-7-14(24(26,27)28)12-17(18)30(32)33/h2-12H,1H3/b21-11-. The number of carbonyl (C=O) groups is 1. The van der Waals surface area contributed by atoms with Gasteiger partial charge in [0.05, 0.1) is 28.2 Å². The smallest absolute Gasteiger partial charge is 0.416 e. The van der Waals surface area contributed by atoms with Crippen LogP contribution in [0.1, 0.15) is 11.1 Å². The zero-order chi connectivity index (χ0) is 26.9. The largest absolute Gasteiger partial charge is 0.493 e. The van der Waals surface area contributed by atoms with Crippen LogP contribution in [0.3, 0.4) is 0 Å². The molecule has 3 aromatic rings. The molecule has 7 nitrogen and oxygen atoms in total. The number of nitro groups is 1. The molecule has 1 heterocycles. The molecule has 0 bridgehead atoms. The Morgan fingerprint density at radius 3 is 2.41 bits per heavy atom. The lowest BCUT2D eigenvalue weighted by Crippen LogP contribution is -2.28. The number of nitro benzene ring substituents is 1. The van der Waals surface area contributed by atoms with Crippen molar-refractivity contribution in [3.05, 3.63) is 92.6 Å². The summed E-state index contributed by atoms with van der Waals surface area (Å²) in [6.07, 6.45) is -3.27. The number of anilines is 1. The third kappa shape index (κ3) is 5.42. The van der Waals surface area contributed by atoms with E-state index in [1.54, 1.807) is 6.07 Å². The first-order valence-electron chi connectivity index (χ1n) is 10.2. The third-order valence-corrected chi connectivity index (χ3v) is 6.38. The number of ether oxygens (including phenoxy) is 2. The molecule has 0 saturated carbocycles. The summed E-state index contributed by atoms with van der Waals surface area (Å²) >= 11 is 6.22. The van der Waals surface area contributed by atoms with Crippen molar-refractivity contribution in [2.24, 2.45) is 0 Å². The maximum absolute atomic E-state index is 14.2. The van der Waals surface area contributed by atoms with E-state index in [-0.39, 0.29) is 26.4 Å². The highest BCUT2D eigenvalue weighted by Crippen LogP contribution is 2.41. The SMILES string of the molecule is COc1cc(/C=C2\SC(=S)N(c3ccccc3F)C2=O)ccc1Oc1ccc(C(F)(F)F)cc1[N+](=O)[O-]. The second-order valence-corrected chi connectivity index (χ2v) is 9.09. The fourth-order valence-corrected chi connectivity index (χ4v) is 4.64. The summed E-state index contributed by atoms with van der Waals surface area (Å²) in [4.78, 5) is 24.6. The number of alkyl halides is 3. The van der Waals surface area contributed by atoms with Gasteiger partial charge in [-0.3, -0.25) is 19.8 Å². The summed E-state index contributed by atoms with van der Waals surface area (Å²) in [6.45, 7) is 0. The summed E-state index contributed by atoms with van der Waals surface area (Å²) in [5, 5.41) is 11.3. The van der Waals surface area contributed by atoms with Crippen LogP contribution in [0.2, 0.25) is 0 Å². The van der Waals surface area contributed by atoms with Gasteiger partial charge in [-0.15, -0.1) is 0 Å². The Balaban J connectivity index is 1.63. The van der Waals surface area contributed by atoms with Crippen LogP contribution in [0.15, 0.2) is 65.6 Å². The molecule has 0 atom stereocenters. The highest BCUT2D eigenvalue weighted by molar-refractivity contribution is 8.27. The van der Waals surface area contributed by atoms with E-state index in [0.717, 1.165) is 22.7 Å². The molecule has 0 aliphatic carbocycles. The Hall–Kier alpha value is -3.97. The Labute approximate surface area is 216 Å². The molecular weight excluding hydrogens is 536 g/mol. The molecule has 0 unspecified atom stereocenters. The number of hydrogen-bond acceptors (Lipinski definition) is 7. The van der Waals surface area contributed by atoms with Crippen molar-refractivity contribution in [3.8, 4) is 17.2 Å². The minimum atomic E-state index is -4.77.